The number of rotatable bonds is 2. The normalized spacial score (nSPS) is 10.7. The summed E-state index contributed by atoms with van der Waals surface area (Å²) in [5, 5.41) is 3.36. The first kappa shape index (κ1) is 14.1. The lowest BCUT2D eigenvalue weighted by Crippen LogP contribution is -2.16. The molecule has 3 rings (SSSR count). The molecule has 22 heavy (non-hydrogen) atoms. The molecule has 0 fully saturated rings. The van der Waals surface area contributed by atoms with Crippen molar-refractivity contribution in [3.8, 4) is 0 Å². The molecule has 1 N–H and O–H groups in total. The molecule has 5 heteroatoms. The lowest BCUT2D eigenvalue weighted by Gasteiger charge is -2.09. The number of aromatic nitrogens is 1. The van der Waals surface area contributed by atoms with E-state index in [2.05, 4.69) is 10.3 Å². The van der Waals surface area contributed by atoms with Crippen molar-refractivity contribution in [2.45, 2.75) is 6.92 Å². The highest BCUT2D eigenvalue weighted by molar-refractivity contribution is 6.08. The predicted octanol–water partition coefficient (Wildman–Crippen LogP) is 4.07. The summed E-state index contributed by atoms with van der Waals surface area (Å²) >= 11 is 0. The third-order valence-corrected chi connectivity index (χ3v) is 3.30. The zero-order chi connectivity index (χ0) is 15.7. The van der Waals surface area contributed by atoms with E-state index in [1.807, 2.05) is 25.1 Å². The highest BCUT2D eigenvalue weighted by Gasteiger charge is 2.18. The molecule has 110 valence electrons. The monoisotopic (exact) mass is 298 g/mol. The maximum absolute atomic E-state index is 13.7. The van der Waals surface area contributed by atoms with Gasteiger partial charge in [0.25, 0.3) is 5.91 Å². The van der Waals surface area contributed by atoms with Crippen molar-refractivity contribution in [3.63, 3.8) is 0 Å². The van der Waals surface area contributed by atoms with E-state index in [9.17, 15) is 13.6 Å². The zero-order valence-electron chi connectivity index (χ0n) is 11.7. The Morgan fingerprint density at radius 3 is 2.41 bits per heavy atom. The van der Waals surface area contributed by atoms with Crippen LogP contribution < -0.4 is 5.32 Å². The van der Waals surface area contributed by atoms with Crippen molar-refractivity contribution < 1.29 is 13.6 Å². The number of amides is 1. The van der Waals surface area contributed by atoms with Gasteiger partial charge in [-0.25, -0.2) is 8.78 Å². The van der Waals surface area contributed by atoms with Crippen molar-refractivity contribution in [2.24, 2.45) is 0 Å². The van der Waals surface area contributed by atoms with E-state index in [4.69, 9.17) is 0 Å². The number of aryl methyl sites for hydroxylation is 1. The van der Waals surface area contributed by atoms with E-state index in [1.165, 1.54) is 6.07 Å². The number of carbonyl (C=O) groups is 1. The molecular weight excluding hydrogens is 286 g/mol. The number of benzene rings is 2. The molecule has 1 amide bonds. The number of para-hydroxylation sites is 1. The van der Waals surface area contributed by atoms with Gasteiger partial charge >= 0.3 is 0 Å². The van der Waals surface area contributed by atoms with Gasteiger partial charge in [0.1, 0.15) is 17.2 Å². The minimum atomic E-state index is -0.901. The van der Waals surface area contributed by atoms with Gasteiger partial charge in [-0.1, -0.05) is 24.3 Å². The number of nitrogens with zero attached hydrogens (tertiary/aromatic N) is 1. The average Bonchev–Trinajstić information content (AvgIpc) is 2.47. The maximum atomic E-state index is 13.7. The van der Waals surface area contributed by atoms with Crippen LogP contribution in [-0.4, -0.2) is 10.9 Å². The summed E-state index contributed by atoms with van der Waals surface area (Å²) in [6, 6.07) is 12.3. The highest BCUT2D eigenvalue weighted by atomic mass is 19.1. The number of hydrogen-bond donors (Lipinski definition) is 1. The van der Waals surface area contributed by atoms with Gasteiger partial charge in [0.2, 0.25) is 0 Å². The van der Waals surface area contributed by atoms with Crippen LogP contribution >= 0.6 is 0 Å². The third kappa shape index (κ3) is 2.53. The Labute approximate surface area is 125 Å². The minimum Gasteiger partial charge on any atom is -0.320 e. The second-order valence-electron chi connectivity index (χ2n) is 4.88. The summed E-state index contributed by atoms with van der Waals surface area (Å²) in [6.07, 6.45) is 0. The fourth-order valence-corrected chi connectivity index (χ4v) is 2.25. The molecule has 3 aromatic rings. The van der Waals surface area contributed by atoms with Crippen molar-refractivity contribution in [2.75, 3.05) is 5.32 Å². The van der Waals surface area contributed by atoms with Crippen molar-refractivity contribution in [3.05, 3.63) is 71.4 Å². The molecule has 0 saturated carbocycles. The van der Waals surface area contributed by atoms with Crippen molar-refractivity contribution in [1.29, 1.82) is 0 Å². The lowest BCUT2D eigenvalue weighted by molar-refractivity contribution is 0.101. The first-order valence-electron chi connectivity index (χ1n) is 6.68. The van der Waals surface area contributed by atoms with Crippen LogP contribution in [0.5, 0.6) is 0 Å². The van der Waals surface area contributed by atoms with Crippen LogP contribution in [0.2, 0.25) is 0 Å². The van der Waals surface area contributed by atoms with E-state index in [0.717, 1.165) is 23.2 Å². The van der Waals surface area contributed by atoms with Gasteiger partial charge in [0, 0.05) is 11.1 Å². The highest BCUT2D eigenvalue weighted by Crippen LogP contribution is 2.23. The zero-order valence-corrected chi connectivity index (χ0v) is 11.7. The fourth-order valence-electron chi connectivity index (χ4n) is 2.25. The summed E-state index contributed by atoms with van der Waals surface area (Å²) in [4.78, 5) is 16.5. The summed E-state index contributed by atoms with van der Waals surface area (Å²) in [7, 11) is 0. The van der Waals surface area contributed by atoms with Gasteiger partial charge in [-0.15, -0.1) is 0 Å². The smallest absolute Gasteiger partial charge is 0.261 e. The molecule has 3 nitrogen and oxygen atoms in total. The van der Waals surface area contributed by atoms with Gasteiger partial charge in [0.15, 0.2) is 0 Å². The van der Waals surface area contributed by atoms with Crippen LogP contribution in [0.15, 0.2) is 48.5 Å². The van der Waals surface area contributed by atoms with E-state index in [-0.39, 0.29) is 0 Å². The van der Waals surface area contributed by atoms with Gasteiger partial charge in [-0.2, -0.15) is 0 Å². The Morgan fingerprint density at radius 2 is 1.68 bits per heavy atom. The van der Waals surface area contributed by atoms with Crippen LogP contribution in [0.1, 0.15) is 16.1 Å². The third-order valence-electron chi connectivity index (χ3n) is 3.30. The topological polar surface area (TPSA) is 42.0 Å². The first-order chi connectivity index (χ1) is 10.6. The number of hydrogen-bond acceptors (Lipinski definition) is 2. The second kappa shape index (κ2) is 5.52. The Morgan fingerprint density at radius 1 is 1.00 bits per heavy atom. The Kier molecular flexibility index (Phi) is 3.55. The Balaban J connectivity index is 2.03. The minimum absolute atomic E-state index is 0.411. The molecular formula is C17H12F2N2O. The van der Waals surface area contributed by atoms with E-state index < -0.39 is 23.1 Å². The Hall–Kier alpha value is -2.82. The maximum Gasteiger partial charge on any atom is 0.261 e. The van der Waals surface area contributed by atoms with Gasteiger partial charge in [-0.05, 0) is 31.2 Å². The first-order valence-corrected chi connectivity index (χ1v) is 6.68. The quantitative estimate of drug-likeness (QED) is 0.774. The average molecular weight is 298 g/mol. The second-order valence-corrected chi connectivity index (χ2v) is 4.88. The van der Waals surface area contributed by atoms with Gasteiger partial charge in [0.05, 0.1) is 11.2 Å². The lowest BCUT2D eigenvalue weighted by atomic mass is 10.1. The van der Waals surface area contributed by atoms with Crippen LogP contribution in [0.4, 0.5) is 14.5 Å². The van der Waals surface area contributed by atoms with E-state index in [0.29, 0.717) is 11.2 Å². The number of pyridine rings is 1. The number of anilines is 1. The van der Waals surface area contributed by atoms with Crippen LogP contribution in [-0.2, 0) is 0 Å². The van der Waals surface area contributed by atoms with Crippen LogP contribution in [0.3, 0.4) is 0 Å². The summed E-state index contributed by atoms with van der Waals surface area (Å²) in [6.45, 7) is 1.83. The summed E-state index contributed by atoms with van der Waals surface area (Å²) in [5.74, 6) is -2.64. The molecule has 1 aromatic heterocycles. The van der Waals surface area contributed by atoms with Gasteiger partial charge < -0.3 is 5.32 Å². The number of halogens is 2. The van der Waals surface area contributed by atoms with Gasteiger partial charge in [-0.3, -0.25) is 9.78 Å². The standard InChI is InChI=1S/C17H12F2N2O/c1-10-8-9-11-4-2-7-14(16(11)20-10)21-17(22)15-12(18)5-3-6-13(15)19/h2-9H,1H3,(H,21,22). The Bertz CT molecular complexity index is 857. The molecule has 1 heterocycles. The molecule has 0 atom stereocenters. The molecule has 0 aliphatic rings. The van der Waals surface area contributed by atoms with Crippen molar-refractivity contribution in [1.82, 2.24) is 4.98 Å². The molecule has 0 bridgehead atoms. The molecule has 0 spiro atoms. The number of fused-ring (bicyclic) bond motifs is 1. The molecule has 0 aliphatic heterocycles. The largest absolute Gasteiger partial charge is 0.320 e. The summed E-state index contributed by atoms with van der Waals surface area (Å²) < 4.78 is 27.3. The SMILES string of the molecule is Cc1ccc2cccc(NC(=O)c3c(F)cccc3F)c2n1. The number of nitrogens with one attached hydrogen (secondary N) is 1. The van der Waals surface area contributed by atoms with Crippen molar-refractivity contribution >= 4 is 22.5 Å². The molecule has 0 radical (unpaired) electrons. The van der Waals surface area contributed by atoms with Crippen LogP contribution in [0, 0.1) is 18.6 Å². The number of carbonyl (C=O) groups excluding carboxylic acids is 1. The van der Waals surface area contributed by atoms with Crippen LogP contribution in [0.25, 0.3) is 10.9 Å². The summed E-state index contributed by atoms with van der Waals surface area (Å²) in [5.41, 5.74) is 1.17. The van der Waals surface area contributed by atoms with E-state index >= 15 is 0 Å². The molecule has 2 aromatic carbocycles. The van der Waals surface area contributed by atoms with E-state index in [1.54, 1.807) is 12.1 Å². The fraction of sp³-hybridized carbons (Fsp3) is 0.0588. The molecule has 0 saturated heterocycles. The predicted molar refractivity (Wildman–Crippen MR) is 80.8 cm³/mol. The molecule has 0 unspecified atom stereocenters. The molecule has 0 aliphatic carbocycles.